The summed E-state index contributed by atoms with van der Waals surface area (Å²) in [6.45, 7) is 8.87. The van der Waals surface area contributed by atoms with Gasteiger partial charge in [0, 0.05) is 23.2 Å². The fourth-order valence-corrected chi connectivity index (χ4v) is 6.42. The molecular formula is C29H36N4O8S. The van der Waals surface area contributed by atoms with E-state index in [1.165, 1.54) is 11.1 Å². The van der Waals surface area contributed by atoms with Crippen molar-refractivity contribution in [1.29, 1.82) is 0 Å². The number of benzene rings is 1. The molecule has 5 rings (SSSR count). The van der Waals surface area contributed by atoms with Crippen molar-refractivity contribution in [1.82, 2.24) is 19.5 Å². The third-order valence-corrected chi connectivity index (χ3v) is 9.29. The standard InChI is InChI=1S/C29H36N4O8S/c1-6-17-13-22(17)33(27(35)31-42(37,38)19-11-12-19)26(34)23-14-18(16-32(23)28(36)41-29(2,3)4)40-25-21-10-8-7-9-20(21)24(39-5)15-30-25/h6-10,15,17-19,22-23H,1,11-14,16H2,2-5H3,(H,31,35). The number of ether oxygens (including phenoxy) is 3. The van der Waals surface area contributed by atoms with Gasteiger partial charge in [0.05, 0.1) is 25.1 Å². The highest BCUT2D eigenvalue weighted by molar-refractivity contribution is 7.90. The van der Waals surface area contributed by atoms with Gasteiger partial charge in [0.25, 0.3) is 5.91 Å². The zero-order valence-electron chi connectivity index (χ0n) is 24.1. The van der Waals surface area contributed by atoms with E-state index < -0.39 is 57.1 Å². The first-order chi connectivity index (χ1) is 19.8. The fraction of sp³-hybridized carbons (Fsp3) is 0.517. The zero-order chi connectivity index (χ0) is 30.4. The predicted octanol–water partition coefficient (Wildman–Crippen LogP) is 3.61. The van der Waals surface area contributed by atoms with Crippen LogP contribution in [0.2, 0.25) is 0 Å². The summed E-state index contributed by atoms with van der Waals surface area (Å²) >= 11 is 0. The number of fused-ring (bicyclic) bond motifs is 1. The van der Waals surface area contributed by atoms with Crippen molar-refractivity contribution in [2.75, 3.05) is 13.7 Å². The number of likely N-dealkylation sites (tertiary alicyclic amines) is 1. The first-order valence-electron chi connectivity index (χ1n) is 13.9. The van der Waals surface area contributed by atoms with Crippen LogP contribution in [0.3, 0.4) is 0 Å². The highest BCUT2D eigenvalue weighted by Crippen LogP contribution is 2.39. The number of nitrogens with one attached hydrogen (secondary N) is 1. The van der Waals surface area contributed by atoms with Crippen molar-refractivity contribution in [3.8, 4) is 11.6 Å². The SMILES string of the molecule is C=CC1CC1N(C(=O)NS(=O)(=O)C1CC1)C(=O)C1CC(Oc2ncc(OC)c3ccccc23)CN1C(=O)OC(C)(C)C. The van der Waals surface area contributed by atoms with Crippen LogP contribution in [0.25, 0.3) is 10.8 Å². The lowest BCUT2D eigenvalue weighted by Crippen LogP contribution is -2.55. The molecule has 0 bridgehead atoms. The third kappa shape index (κ3) is 6.15. The molecule has 2 heterocycles. The van der Waals surface area contributed by atoms with Gasteiger partial charge in [-0.05, 0) is 52.0 Å². The summed E-state index contributed by atoms with van der Waals surface area (Å²) in [7, 11) is -2.37. The molecule has 0 spiro atoms. The highest BCUT2D eigenvalue weighted by Gasteiger charge is 2.52. The third-order valence-electron chi connectivity index (χ3n) is 7.48. The smallest absolute Gasteiger partial charge is 0.411 e. The summed E-state index contributed by atoms with van der Waals surface area (Å²) in [6.07, 6.45) is 3.13. The van der Waals surface area contributed by atoms with Crippen LogP contribution in [0.5, 0.6) is 11.6 Å². The maximum absolute atomic E-state index is 14.1. The summed E-state index contributed by atoms with van der Waals surface area (Å²) < 4.78 is 44.5. The summed E-state index contributed by atoms with van der Waals surface area (Å²) in [4.78, 5) is 47.3. The molecule has 1 saturated heterocycles. The Morgan fingerprint density at radius 3 is 2.43 bits per heavy atom. The van der Waals surface area contributed by atoms with E-state index in [9.17, 15) is 22.8 Å². The minimum absolute atomic E-state index is 0.0151. The Morgan fingerprint density at radius 2 is 1.83 bits per heavy atom. The van der Waals surface area contributed by atoms with E-state index in [4.69, 9.17) is 14.2 Å². The van der Waals surface area contributed by atoms with Gasteiger partial charge in [0.15, 0.2) is 0 Å². The Hall–Kier alpha value is -3.87. The van der Waals surface area contributed by atoms with E-state index in [1.807, 2.05) is 24.3 Å². The second-order valence-electron chi connectivity index (χ2n) is 11.9. The van der Waals surface area contributed by atoms with Gasteiger partial charge in [0.2, 0.25) is 15.9 Å². The van der Waals surface area contributed by atoms with Crippen molar-refractivity contribution >= 4 is 38.8 Å². The number of carbonyl (C=O) groups excluding carboxylic acids is 3. The number of nitrogens with zero attached hydrogens (tertiary/aromatic N) is 3. The van der Waals surface area contributed by atoms with Crippen LogP contribution in [0.15, 0.2) is 43.1 Å². The van der Waals surface area contributed by atoms with Gasteiger partial charge < -0.3 is 14.2 Å². The molecule has 4 unspecified atom stereocenters. The average Bonchev–Trinajstić information content (AvgIpc) is 3.85. The number of aromatic nitrogens is 1. The van der Waals surface area contributed by atoms with Gasteiger partial charge in [-0.3, -0.25) is 14.6 Å². The number of rotatable bonds is 8. The van der Waals surface area contributed by atoms with Gasteiger partial charge in [0.1, 0.15) is 23.5 Å². The van der Waals surface area contributed by atoms with Crippen LogP contribution in [0, 0.1) is 5.92 Å². The van der Waals surface area contributed by atoms with Crippen molar-refractivity contribution < 1.29 is 37.0 Å². The van der Waals surface area contributed by atoms with Gasteiger partial charge in [-0.25, -0.2) is 27.7 Å². The lowest BCUT2D eigenvalue weighted by atomic mass is 10.1. The Labute approximate surface area is 245 Å². The van der Waals surface area contributed by atoms with Crippen LogP contribution in [0.1, 0.15) is 46.5 Å². The molecule has 2 saturated carbocycles. The van der Waals surface area contributed by atoms with Crippen molar-refractivity contribution in [3.63, 3.8) is 0 Å². The molecule has 2 aromatic rings. The predicted molar refractivity (Wildman–Crippen MR) is 153 cm³/mol. The lowest BCUT2D eigenvalue weighted by Gasteiger charge is -2.30. The molecule has 12 nitrogen and oxygen atoms in total. The number of carbonyl (C=O) groups is 3. The Bertz CT molecular complexity index is 1520. The molecule has 42 heavy (non-hydrogen) atoms. The summed E-state index contributed by atoms with van der Waals surface area (Å²) in [5, 5.41) is 0.819. The van der Waals surface area contributed by atoms with E-state index in [-0.39, 0.29) is 18.9 Å². The van der Waals surface area contributed by atoms with Crippen LogP contribution >= 0.6 is 0 Å². The molecule has 4 amide bonds. The monoisotopic (exact) mass is 600 g/mol. The van der Waals surface area contributed by atoms with Crippen molar-refractivity contribution in [3.05, 3.63) is 43.1 Å². The molecular weight excluding hydrogens is 564 g/mol. The molecule has 226 valence electrons. The molecule has 2 aliphatic carbocycles. The van der Waals surface area contributed by atoms with Crippen LogP contribution in [-0.4, -0.2) is 83.9 Å². The maximum Gasteiger partial charge on any atom is 0.411 e. The second kappa shape index (κ2) is 11.1. The van der Waals surface area contributed by atoms with Crippen LogP contribution in [0.4, 0.5) is 9.59 Å². The Kier molecular flexibility index (Phi) is 7.82. The number of methoxy groups -OCH3 is 1. The Balaban J connectivity index is 1.44. The lowest BCUT2D eigenvalue weighted by molar-refractivity contribution is -0.133. The highest BCUT2D eigenvalue weighted by atomic mass is 32.2. The van der Waals surface area contributed by atoms with E-state index >= 15 is 0 Å². The van der Waals surface area contributed by atoms with Gasteiger partial charge in [-0.2, -0.15) is 0 Å². The molecule has 1 aromatic heterocycles. The number of imide groups is 1. The first kappa shape index (κ1) is 29.6. The first-order valence-corrected chi connectivity index (χ1v) is 15.5. The minimum atomic E-state index is -3.92. The van der Waals surface area contributed by atoms with Gasteiger partial charge in [-0.15, -0.1) is 6.58 Å². The van der Waals surface area contributed by atoms with E-state index in [1.54, 1.807) is 34.0 Å². The quantitative estimate of drug-likeness (QED) is 0.449. The molecule has 0 radical (unpaired) electrons. The van der Waals surface area contributed by atoms with Crippen LogP contribution < -0.4 is 14.2 Å². The van der Waals surface area contributed by atoms with E-state index in [0.29, 0.717) is 36.3 Å². The molecule has 3 aliphatic rings. The largest absolute Gasteiger partial charge is 0.494 e. The van der Waals surface area contributed by atoms with Gasteiger partial charge >= 0.3 is 12.1 Å². The molecule has 4 atom stereocenters. The number of hydrogen-bond acceptors (Lipinski definition) is 9. The maximum atomic E-state index is 14.1. The molecule has 1 aliphatic heterocycles. The second-order valence-corrected chi connectivity index (χ2v) is 13.8. The van der Waals surface area contributed by atoms with E-state index in [0.717, 1.165) is 10.3 Å². The Morgan fingerprint density at radius 1 is 1.14 bits per heavy atom. The zero-order valence-corrected chi connectivity index (χ0v) is 24.9. The van der Waals surface area contributed by atoms with Crippen molar-refractivity contribution in [2.24, 2.45) is 5.92 Å². The number of sulfonamides is 1. The normalized spacial score (nSPS) is 23.7. The van der Waals surface area contributed by atoms with Crippen LogP contribution in [-0.2, 0) is 19.6 Å². The number of hydrogen-bond donors (Lipinski definition) is 1. The van der Waals surface area contributed by atoms with Crippen molar-refractivity contribution in [2.45, 2.75) is 75.5 Å². The minimum Gasteiger partial charge on any atom is -0.494 e. The van der Waals surface area contributed by atoms with E-state index in [2.05, 4.69) is 16.3 Å². The molecule has 1 aromatic carbocycles. The number of amides is 4. The topological polar surface area (TPSA) is 144 Å². The average molecular weight is 601 g/mol. The number of pyridine rings is 1. The number of urea groups is 1. The fourth-order valence-electron chi connectivity index (χ4n) is 5.15. The molecule has 13 heteroatoms. The summed E-state index contributed by atoms with van der Waals surface area (Å²) in [5.41, 5.74) is -0.850. The summed E-state index contributed by atoms with van der Waals surface area (Å²) in [5.74, 6) is -0.0246. The molecule has 1 N–H and O–H groups in total. The molecule has 3 fully saturated rings. The van der Waals surface area contributed by atoms with Gasteiger partial charge in [-0.1, -0.05) is 24.3 Å². The summed E-state index contributed by atoms with van der Waals surface area (Å²) in [6, 6.07) is 4.65.